The zero-order valence-electron chi connectivity index (χ0n) is 8.51. The Balaban J connectivity index is 3.24. The van der Waals surface area contributed by atoms with Crippen molar-refractivity contribution in [1.82, 2.24) is 0 Å². The van der Waals surface area contributed by atoms with Crippen LogP contribution in [0.2, 0.25) is 0 Å². The Morgan fingerprint density at radius 3 is 2.20 bits per heavy atom. The molecule has 15 heavy (non-hydrogen) atoms. The summed E-state index contributed by atoms with van der Waals surface area (Å²) in [4.78, 5) is 0. The highest BCUT2D eigenvalue weighted by Gasteiger charge is 2.14. The molecule has 0 aromatic heterocycles. The van der Waals surface area contributed by atoms with Crippen molar-refractivity contribution in [3.8, 4) is 0 Å². The molecule has 0 saturated carbocycles. The topological polar surface area (TPSA) is 51.2 Å². The fourth-order valence-corrected chi connectivity index (χ4v) is 3.45. The van der Waals surface area contributed by atoms with Crippen molar-refractivity contribution >= 4 is 26.7 Å². The number of hydrogen-bond acceptors (Lipinski definition) is 3. The molecule has 0 amide bonds. The highest BCUT2D eigenvalue weighted by atomic mass is 32.3. The van der Waals surface area contributed by atoms with E-state index in [1.807, 2.05) is 6.07 Å². The first kappa shape index (κ1) is 12.1. The first-order valence-corrected chi connectivity index (χ1v) is 7.66. The van der Waals surface area contributed by atoms with Crippen molar-refractivity contribution in [3.63, 3.8) is 0 Å². The van der Waals surface area contributed by atoms with Gasteiger partial charge in [-0.3, -0.25) is 4.21 Å². The highest BCUT2D eigenvalue weighted by molar-refractivity contribution is 8.11. The molecule has 0 aliphatic carbocycles. The third kappa shape index (κ3) is 3.60. The standard InChI is InChI=1S/C10H12O3S2/c1-14(11)10(15(2,12)13)8-9-6-4-3-5-7-9/h3-8H,1-2H3/b10-8-. The molecule has 0 fully saturated rings. The van der Waals surface area contributed by atoms with Gasteiger partial charge < -0.3 is 0 Å². The van der Waals surface area contributed by atoms with Gasteiger partial charge in [-0.15, -0.1) is 0 Å². The van der Waals surface area contributed by atoms with E-state index < -0.39 is 20.6 Å². The van der Waals surface area contributed by atoms with Crippen molar-refractivity contribution in [3.05, 3.63) is 40.1 Å². The van der Waals surface area contributed by atoms with Crippen LogP contribution in [0.5, 0.6) is 0 Å². The van der Waals surface area contributed by atoms with Crippen LogP contribution in [-0.4, -0.2) is 25.1 Å². The normalized spacial score (nSPS) is 14.9. The van der Waals surface area contributed by atoms with Gasteiger partial charge in [-0.05, 0) is 11.6 Å². The largest absolute Gasteiger partial charge is 0.254 e. The lowest BCUT2D eigenvalue weighted by Gasteiger charge is -2.01. The molecular weight excluding hydrogens is 232 g/mol. The van der Waals surface area contributed by atoms with E-state index in [0.717, 1.165) is 11.8 Å². The zero-order chi connectivity index (χ0) is 11.5. The molecule has 0 radical (unpaired) electrons. The Bertz CT molecular complexity index is 487. The molecule has 82 valence electrons. The number of rotatable bonds is 3. The van der Waals surface area contributed by atoms with Gasteiger partial charge in [0.05, 0.1) is 10.8 Å². The SMILES string of the molecule is CS(=O)/C(=C/c1ccccc1)S(C)(=O)=O. The molecule has 1 aromatic rings. The summed E-state index contributed by atoms with van der Waals surface area (Å²) in [6, 6.07) is 8.95. The first-order chi connectivity index (χ1) is 6.91. The van der Waals surface area contributed by atoms with Crippen LogP contribution in [0, 0.1) is 0 Å². The van der Waals surface area contributed by atoms with Crippen LogP contribution in [0.15, 0.2) is 34.6 Å². The minimum atomic E-state index is -3.40. The molecule has 1 unspecified atom stereocenters. The van der Waals surface area contributed by atoms with Gasteiger partial charge in [-0.1, -0.05) is 30.3 Å². The van der Waals surface area contributed by atoms with Crippen LogP contribution in [-0.2, 0) is 20.6 Å². The fourth-order valence-electron chi connectivity index (χ4n) is 1.09. The van der Waals surface area contributed by atoms with Crippen LogP contribution >= 0.6 is 0 Å². The Kier molecular flexibility index (Phi) is 3.82. The first-order valence-electron chi connectivity index (χ1n) is 4.21. The summed E-state index contributed by atoms with van der Waals surface area (Å²) in [5.41, 5.74) is 0.730. The van der Waals surface area contributed by atoms with Crippen molar-refractivity contribution in [1.29, 1.82) is 0 Å². The molecule has 0 heterocycles. The lowest BCUT2D eigenvalue weighted by atomic mass is 10.2. The van der Waals surface area contributed by atoms with E-state index in [-0.39, 0.29) is 4.24 Å². The lowest BCUT2D eigenvalue weighted by molar-refractivity contribution is 0.609. The maximum atomic E-state index is 11.3. The molecule has 0 aliphatic rings. The lowest BCUT2D eigenvalue weighted by Crippen LogP contribution is -2.05. The summed E-state index contributed by atoms with van der Waals surface area (Å²) >= 11 is 0. The summed E-state index contributed by atoms with van der Waals surface area (Å²) in [5.74, 6) is 0. The molecule has 1 atom stereocenters. The van der Waals surface area contributed by atoms with Crippen LogP contribution in [0.3, 0.4) is 0 Å². The minimum absolute atomic E-state index is 0.0475. The maximum absolute atomic E-state index is 11.3. The van der Waals surface area contributed by atoms with Gasteiger partial charge in [-0.25, -0.2) is 8.42 Å². The second-order valence-electron chi connectivity index (χ2n) is 3.10. The molecule has 3 nitrogen and oxygen atoms in total. The Morgan fingerprint density at radius 2 is 1.80 bits per heavy atom. The molecule has 0 aliphatic heterocycles. The van der Waals surface area contributed by atoms with Crippen LogP contribution in [0.1, 0.15) is 5.56 Å². The molecule has 0 saturated heterocycles. The third-order valence-corrected chi connectivity index (χ3v) is 4.88. The van der Waals surface area contributed by atoms with E-state index in [9.17, 15) is 12.6 Å². The highest BCUT2D eigenvalue weighted by Crippen LogP contribution is 2.14. The van der Waals surface area contributed by atoms with E-state index in [1.54, 1.807) is 24.3 Å². The number of benzene rings is 1. The van der Waals surface area contributed by atoms with E-state index in [4.69, 9.17) is 0 Å². The van der Waals surface area contributed by atoms with E-state index in [0.29, 0.717) is 0 Å². The van der Waals surface area contributed by atoms with Crippen LogP contribution in [0.4, 0.5) is 0 Å². The number of hydrogen-bond donors (Lipinski definition) is 0. The second kappa shape index (κ2) is 4.72. The summed E-state index contributed by atoms with van der Waals surface area (Å²) in [6.45, 7) is 0. The van der Waals surface area contributed by atoms with Crippen LogP contribution in [0.25, 0.3) is 6.08 Å². The van der Waals surface area contributed by atoms with Gasteiger partial charge in [0.15, 0.2) is 9.84 Å². The monoisotopic (exact) mass is 244 g/mol. The second-order valence-corrected chi connectivity index (χ2v) is 6.69. The average Bonchev–Trinajstić information content (AvgIpc) is 2.13. The molecule has 5 heteroatoms. The van der Waals surface area contributed by atoms with Gasteiger partial charge in [-0.2, -0.15) is 0 Å². The Morgan fingerprint density at radius 1 is 1.27 bits per heavy atom. The van der Waals surface area contributed by atoms with Crippen LogP contribution < -0.4 is 0 Å². The quantitative estimate of drug-likeness (QED) is 0.807. The maximum Gasteiger partial charge on any atom is 0.183 e. The van der Waals surface area contributed by atoms with Gasteiger partial charge >= 0.3 is 0 Å². The molecule has 1 rings (SSSR count). The zero-order valence-corrected chi connectivity index (χ0v) is 10.1. The van der Waals surface area contributed by atoms with E-state index in [1.165, 1.54) is 12.3 Å². The third-order valence-electron chi connectivity index (χ3n) is 1.73. The molecule has 0 spiro atoms. The summed E-state index contributed by atoms with van der Waals surface area (Å²) in [7, 11) is -4.90. The minimum Gasteiger partial charge on any atom is -0.254 e. The predicted molar refractivity (Wildman–Crippen MR) is 63.3 cm³/mol. The van der Waals surface area contributed by atoms with Crippen molar-refractivity contribution in [2.45, 2.75) is 0 Å². The van der Waals surface area contributed by atoms with Crippen molar-refractivity contribution in [2.75, 3.05) is 12.5 Å². The molecule has 1 aromatic carbocycles. The smallest absolute Gasteiger partial charge is 0.183 e. The Hall–Kier alpha value is -0.940. The molecule has 0 bridgehead atoms. The molecule has 0 N–H and O–H groups in total. The van der Waals surface area contributed by atoms with Crippen molar-refractivity contribution in [2.24, 2.45) is 0 Å². The average molecular weight is 244 g/mol. The van der Waals surface area contributed by atoms with Gasteiger partial charge in [0, 0.05) is 12.5 Å². The van der Waals surface area contributed by atoms with Gasteiger partial charge in [0.25, 0.3) is 0 Å². The van der Waals surface area contributed by atoms with Crippen molar-refractivity contribution < 1.29 is 12.6 Å². The molecular formula is C10H12O3S2. The fraction of sp³-hybridized carbons (Fsp3) is 0.200. The number of sulfone groups is 1. The van der Waals surface area contributed by atoms with Gasteiger partial charge in [0.1, 0.15) is 4.24 Å². The van der Waals surface area contributed by atoms with E-state index >= 15 is 0 Å². The summed E-state index contributed by atoms with van der Waals surface area (Å²) < 4.78 is 33.8. The summed E-state index contributed by atoms with van der Waals surface area (Å²) in [5, 5.41) is 0. The van der Waals surface area contributed by atoms with Gasteiger partial charge in [0.2, 0.25) is 0 Å². The Labute approximate surface area is 92.2 Å². The van der Waals surface area contributed by atoms with E-state index in [2.05, 4.69) is 0 Å². The predicted octanol–water partition coefficient (Wildman–Crippen LogP) is 1.41. The summed E-state index contributed by atoms with van der Waals surface area (Å²) in [6.07, 6.45) is 3.85.